The largest absolute Gasteiger partial charge is 0.323 e. The number of hydrogen-bond acceptors (Lipinski definition) is 3. The number of anilines is 1. The molecule has 17 heavy (non-hydrogen) atoms. The summed E-state index contributed by atoms with van der Waals surface area (Å²) >= 11 is 0. The maximum atomic E-state index is 13.2. The normalized spacial score (nSPS) is 10.2. The predicted octanol–water partition coefficient (Wildman–Crippen LogP) is 2.19. The Labute approximate surface area is 98.3 Å². The van der Waals surface area contributed by atoms with Crippen LogP contribution >= 0.6 is 0 Å². The zero-order valence-electron chi connectivity index (χ0n) is 9.41. The Hall–Kier alpha value is -2.40. The lowest BCUT2D eigenvalue weighted by Crippen LogP contribution is -2.29. The highest BCUT2D eigenvalue weighted by Crippen LogP contribution is 2.21. The molecule has 0 fully saturated rings. The number of rotatable bonds is 2. The zero-order chi connectivity index (χ0) is 13.1. The summed E-state index contributed by atoms with van der Waals surface area (Å²) in [5.74, 6) is -1.29. The van der Waals surface area contributed by atoms with Crippen molar-refractivity contribution in [2.75, 3.05) is 5.32 Å². The number of halogens is 1. The van der Waals surface area contributed by atoms with Gasteiger partial charge in [-0.2, -0.15) is 10.5 Å². The molecule has 0 heterocycles. The third-order valence-electron chi connectivity index (χ3n) is 2.22. The molecular formula is C12H10FN3O. The molecule has 0 saturated heterocycles. The van der Waals surface area contributed by atoms with Gasteiger partial charge in [-0.25, -0.2) is 4.39 Å². The van der Waals surface area contributed by atoms with Crippen LogP contribution in [-0.4, -0.2) is 5.91 Å². The third kappa shape index (κ3) is 2.59. The van der Waals surface area contributed by atoms with Crippen molar-refractivity contribution < 1.29 is 9.18 Å². The van der Waals surface area contributed by atoms with Gasteiger partial charge in [0.15, 0.2) is 0 Å². The highest BCUT2D eigenvalue weighted by Gasteiger charge is 2.28. The average molecular weight is 231 g/mol. The molecule has 0 aliphatic heterocycles. The highest BCUT2D eigenvalue weighted by molar-refractivity contribution is 5.97. The van der Waals surface area contributed by atoms with Crippen molar-refractivity contribution in [2.45, 2.75) is 13.8 Å². The number of benzene rings is 1. The third-order valence-corrected chi connectivity index (χ3v) is 2.22. The van der Waals surface area contributed by atoms with Gasteiger partial charge in [-0.3, -0.25) is 4.79 Å². The van der Waals surface area contributed by atoms with Crippen LogP contribution in [0.15, 0.2) is 18.2 Å². The molecule has 0 radical (unpaired) electrons. The maximum absolute atomic E-state index is 13.2. The van der Waals surface area contributed by atoms with Crippen molar-refractivity contribution >= 4 is 11.6 Å². The molecule has 1 N–H and O–H groups in total. The summed E-state index contributed by atoms with van der Waals surface area (Å²) in [6.07, 6.45) is 0. The second-order valence-corrected chi connectivity index (χ2v) is 3.97. The fourth-order valence-corrected chi connectivity index (χ4v) is 1.07. The number of nitrogens with one attached hydrogen (secondary N) is 1. The Kier molecular flexibility index (Phi) is 3.45. The van der Waals surface area contributed by atoms with Crippen LogP contribution in [0.4, 0.5) is 10.1 Å². The minimum absolute atomic E-state index is 0.0702. The SMILES string of the molecule is CC(C)(C#N)C(=O)Nc1cccc(F)c1C#N. The molecule has 5 heteroatoms. The number of nitrogens with zero attached hydrogens (tertiary/aromatic N) is 2. The fourth-order valence-electron chi connectivity index (χ4n) is 1.07. The topological polar surface area (TPSA) is 76.7 Å². The van der Waals surface area contributed by atoms with Gasteiger partial charge < -0.3 is 5.32 Å². The minimum atomic E-state index is -1.24. The molecule has 0 saturated carbocycles. The van der Waals surface area contributed by atoms with E-state index in [1.54, 1.807) is 6.07 Å². The summed E-state index contributed by atoms with van der Waals surface area (Å²) in [7, 11) is 0. The number of amides is 1. The molecule has 0 spiro atoms. The van der Waals surface area contributed by atoms with Crippen LogP contribution in [0.2, 0.25) is 0 Å². The van der Waals surface area contributed by atoms with Crippen LogP contribution < -0.4 is 5.32 Å². The minimum Gasteiger partial charge on any atom is -0.323 e. The lowest BCUT2D eigenvalue weighted by Gasteiger charge is -2.15. The van der Waals surface area contributed by atoms with Crippen molar-refractivity contribution in [2.24, 2.45) is 5.41 Å². The molecular weight excluding hydrogens is 221 g/mol. The summed E-state index contributed by atoms with van der Waals surface area (Å²) in [6, 6.07) is 7.41. The Morgan fingerprint density at radius 2 is 2.06 bits per heavy atom. The van der Waals surface area contributed by atoms with E-state index in [0.717, 1.165) is 6.07 Å². The van der Waals surface area contributed by atoms with Gasteiger partial charge in [0.05, 0.1) is 11.8 Å². The molecule has 0 aliphatic rings. The zero-order valence-corrected chi connectivity index (χ0v) is 9.41. The van der Waals surface area contributed by atoms with E-state index in [1.165, 1.54) is 26.0 Å². The molecule has 0 bridgehead atoms. The summed E-state index contributed by atoms with van der Waals surface area (Å²) in [5, 5.41) is 19.9. The van der Waals surface area contributed by atoms with Gasteiger partial charge >= 0.3 is 0 Å². The molecule has 1 aromatic carbocycles. The first-order chi connectivity index (χ1) is 7.92. The monoisotopic (exact) mass is 231 g/mol. The molecule has 86 valence electrons. The first-order valence-corrected chi connectivity index (χ1v) is 4.83. The smallest absolute Gasteiger partial charge is 0.244 e. The van der Waals surface area contributed by atoms with E-state index in [0.29, 0.717) is 0 Å². The second kappa shape index (κ2) is 4.63. The molecule has 4 nitrogen and oxygen atoms in total. The molecule has 1 rings (SSSR count). The molecule has 0 atom stereocenters. The summed E-state index contributed by atoms with van der Waals surface area (Å²) < 4.78 is 13.2. The van der Waals surface area contributed by atoms with Crippen LogP contribution in [0, 0.1) is 33.9 Å². The summed E-state index contributed by atoms with van der Waals surface area (Å²) in [6.45, 7) is 2.88. The Morgan fingerprint density at radius 1 is 1.41 bits per heavy atom. The predicted molar refractivity (Wildman–Crippen MR) is 59.1 cm³/mol. The first-order valence-electron chi connectivity index (χ1n) is 4.83. The number of nitriles is 2. The van der Waals surface area contributed by atoms with Crippen molar-refractivity contribution in [3.05, 3.63) is 29.6 Å². The van der Waals surface area contributed by atoms with Gasteiger partial charge in [0.2, 0.25) is 5.91 Å². The van der Waals surface area contributed by atoms with E-state index in [1.807, 2.05) is 6.07 Å². The first kappa shape index (κ1) is 12.7. The quantitative estimate of drug-likeness (QED) is 0.847. The maximum Gasteiger partial charge on any atom is 0.244 e. The van der Waals surface area contributed by atoms with Crippen LogP contribution in [0.1, 0.15) is 19.4 Å². The lowest BCUT2D eigenvalue weighted by molar-refractivity contribution is -0.121. The van der Waals surface area contributed by atoms with Crippen molar-refractivity contribution in [1.29, 1.82) is 10.5 Å². The van der Waals surface area contributed by atoms with Crippen LogP contribution in [0.5, 0.6) is 0 Å². The molecule has 0 unspecified atom stereocenters. The number of carbonyl (C=O) groups excluding carboxylic acids is 1. The van der Waals surface area contributed by atoms with Gasteiger partial charge in [0.1, 0.15) is 22.9 Å². The lowest BCUT2D eigenvalue weighted by atomic mass is 9.94. The van der Waals surface area contributed by atoms with E-state index in [-0.39, 0.29) is 11.3 Å². The van der Waals surface area contributed by atoms with Crippen molar-refractivity contribution in [1.82, 2.24) is 0 Å². The molecule has 1 aromatic rings. The van der Waals surface area contributed by atoms with Crippen LogP contribution in [0.25, 0.3) is 0 Å². The van der Waals surface area contributed by atoms with Gasteiger partial charge in [0, 0.05) is 0 Å². The molecule has 0 aliphatic carbocycles. The fraction of sp³-hybridized carbons (Fsp3) is 0.250. The van der Waals surface area contributed by atoms with Crippen LogP contribution in [-0.2, 0) is 4.79 Å². The Morgan fingerprint density at radius 3 is 2.59 bits per heavy atom. The highest BCUT2D eigenvalue weighted by atomic mass is 19.1. The summed E-state index contributed by atoms with van der Waals surface area (Å²) in [4.78, 5) is 11.7. The Balaban J connectivity index is 3.07. The van der Waals surface area contributed by atoms with Crippen molar-refractivity contribution in [3.8, 4) is 12.1 Å². The van der Waals surface area contributed by atoms with Gasteiger partial charge in [-0.15, -0.1) is 0 Å². The standard InChI is InChI=1S/C12H10FN3O/c1-12(2,7-15)11(17)16-10-5-3-4-9(13)8(10)6-14/h3-5H,1-2H3,(H,16,17). The second-order valence-electron chi connectivity index (χ2n) is 3.97. The number of carbonyl (C=O) groups is 1. The Bertz CT molecular complexity index is 538. The van der Waals surface area contributed by atoms with E-state index < -0.39 is 17.1 Å². The molecule has 0 aromatic heterocycles. The number of hydrogen-bond donors (Lipinski definition) is 1. The van der Waals surface area contributed by atoms with Crippen LogP contribution in [0.3, 0.4) is 0 Å². The van der Waals surface area contributed by atoms with Gasteiger partial charge in [-0.1, -0.05) is 6.07 Å². The van der Waals surface area contributed by atoms with E-state index in [2.05, 4.69) is 5.32 Å². The van der Waals surface area contributed by atoms with E-state index >= 15 is 0 Å². The van der Waals surface area contributed by atoms with Gasteiger partial charge in [-0.05, 0) is 26.0 Å². The molecule has 1 amide bonds. The average Bonchev–Trinajstić information content (AvgIpc) is 2.29. The van der Waals surface area contributed by atoms with Gasteiger partial charge in [0.25, 0.3) is 0 Å². The summed E-state index contributed by atoms with van der Waals surface area (Å²) in [5.41, 5.74) is -1.41. The van der Waals surface area contributed by atoms with Crippen molar-refractivity contribution in [3.63, 3.8) is 0 Å². The van der Waals surface area contributed by atoms with E-state index in [4.69, 9.17) is 10.5 Å². The van der Waals surface area contributed by atoms with E-state index in [9.17, 15) is 9.18 Å².